The van der Waals surface area contributed by atoms with E-state index in [2.05, 4.69) is 29.6 Å². The molecule has 1 saturated carbocycles. The summed E-state index contributed by atoms with van der Waals surface area (Å²) in [5.41, 5.74) is 4.64. The van der Waals surface area contributed by atoms with E-state index in [1.165, 1.54) is 18.1 Å². The molecule has 0 bridgehead atoms. The van der Waals surface area contributed by atoms with Crippen LogP contribution in [0.4, 0.5) is 4.79 Å². The Balaban J connectivity index is 1.46. The normalized spacial score (nSPS) is 18.0. The maximum atomic E-state index is 12.6. The summed E-state index contributed by atoms with van der Waals surface area (Å²) < 4.78 is 5.58. The van der Waals surface area contributed by atoms with Crippen molar-refractivity contribution < 1.29 is 19.4 Å². The molecule has 2 aliphatic rings. The molecule has 0 unspecified atom stereocenters. The van der Waals surface area contributed by atoms with Gasteiger partial charge in [0.25, 0.3) is 0 Å². The van der Waals surface area contributed by atoms with Crippen molar-refractivity contribution in [2.75, 3.05) is 6.61 Å². The minimum Gasteiger partial charge on any atom is -0.449 e. The zero-order valence-electron chi connectivity index (χ0n) is 16.6. The summed E-state index contributed by atoms with van der Waals surface area (Å²) in [7, 11) is 0. The highest BCUT2D eigenvalue weighted by molar-refractivity contribution is 5.90. The van der Waals surface area contributed by atoms with Gasteiger partial charge in [0.05, 0.1) is 6.04 Å². The molecule has 0 saturated heterocycles. The van der Waals surface area contributed by atoms with Crippen molar-refractivity contribution in [1.29, 1.82) is 0 Å². The van der Waals surface area contributed by atoms with Crippen LogP contribution in [-0.4, -0.2) is 35.7 Å². The maximum Gasteiger partial charge on any atom is 0.407 e. The van der Waals surface area contributed by atoms with Crippen molar-refractivity contribution in [3.8, 4) is 11.1 Å². The van der Waals surface area contributed by atoms with Gasteiger partial charge in [-0.05, 0) is 47.9 Å². The van der Waals surface area contributed by atoms with Crippen LogP contribution in [0.3, 0.4) is 0 Å². The molecule has 0 spiro atoms. The molecule has 5 heteroatoms. The molecular weight excluding hydrogens is 366 g/mol. The summed E-state index contributed by atoms with van der Waals surface area (Å²) in [6.07, 6.45) is 2.15. The quantitative estimate of drug-likeness (QED) is 0.777. The summed E-state index contributed by atoms with van der Waals surface area (Å²) in [4.78, 5) is 25.0. The van der Waals surface area contributed by atoms with E-state index in [0.717, 1.165) is 36.8 Å². The van der Waals surface area contributed by atoms with Gasteiger partial charge in [-0.15, -0.1) is 0 Å². The zero-order chi connectivity index (χ0) is 20.4. The Morgan fingerprint density at radius 3 is 2.14 bits per heavy atom. The number of hydrogen-bond acceptors (Lipinski definition) is 4. The molecule has 1 fully saturated rings. The van der Waals surface area contributed by atoms with Gasteiger partial charge in [-0.1, -0.05) is 61.4 Å². The van der Waals surface area contributed by atoms with Crippen LogP contribution in [0.5, 0.6) is 0 Å². The molecule has 2 N–H and O–H groups in total. The predicted molar refractivity (Wildman–Crippen MR) is 111 cm³/mol. The standard InChI is InChI=1S/C24H27NO4/c1-15(26)23(27)22(16-8-2-3-9-16)25-24(28)29-14-21-19-12-6-4-10-17(19)18-11-5-7-13-20(18)21/h4-7,10-13,15-16,21-22,26H,2-3,8-9,14H2,1H3,(H,25,28)/t15-,22-/m0/s1. The van der Waals surface area contributed by atoms with E-state index >= 15 is 0 Å². The third-order valence-electron chi connectivity index (χ3n) is 6.21. The van der Waals surface area contributed by atoms with Crippen molar-refractivity contribution >= 4 is 11.9 Å². The summed E-state index contributed by atoms with van der Waals surface area (Å²) in [6.45, 7) is 1.66. The number of nitrogens with one attached hydrogen (secondary N) is 1. The summed E-state index contributed by atoms with van der Waals surface area (Å²) in [5.74, 6) is -0.298. The number of rotatable bonds is 6. The van der Waals surface area contributed by atoms with E-state index in [0.29, 0.717) is 0 Å². The van der Waals surface area contributed by atoms with Crippen LogP contribution in [0, 0.1) is 5.92 Å². The molecule has 4 rings (SSSR count). The first-order valence-electron chi connectivity index (χ1n) is 10.4. The molecule has 152 valence electrons. The van der Waals surface area contributed by atoms with Crippen LogP contribution < -0.4 is 5.32 Å². The number of aliphatic hydroxyl groups is 1. The minimum absolute atomic E-state index is 0.0226. The lowest BCUT2D eigenvalue weighted by atomic mass is 9.92. The molecule has 5 nitrogen and oxygen atoms in total. The Morgan fingerprint density at radius 2 is 1.59 bits per heavy atom. The zero-order valence-corrected chi connectivity index (χ0v) is 16.6. The molecule has 2 aromatic rings. The van der Waals surface area contributed by atoms with Crippen LogP contribution in [0.15, 0.2) is 48.5 Å². The average Bonchev–Trinajstić information content (AvgIpc) is 3.37. The van der Waals surface area contributed by atoms with Crippen molar-refractivity contribution in [2.24, 2.45) is 5.92 Å². The Hall–Kier alpha value is -2.66. The topological polar surface area (TPSA) is 75.6 Å². The Bertz CT molecular complexity index is 856. The average molecular weight is 393 g/mol. The first kappa shape index (κ1) is 19.6. The largest absolute Gasteiger partial charge is 0.449 e. The van der Waals surface area contributed by atoms with Crippen molar-refractivity contribution in [1.82, 2.24) is 5.32 Å². The molecule has 2 atom stereocenters. The van der Waals surface area contributed by atoms with Crippen molar-refractivity contribution in [3.05, 3.63) is 59.7 Å². The van der Waals surface area contributed by atoms with Gasteiger partial charge >= 0.3 is 6.09 Å². The fourth-order valence-electron chi connectivity index (χ4n) is 4.74. The van der Waals surface area contributed by atoms with Crippen LogP contribution in [0.1, 0.15) is 49.7 Å². The van der Waals surface area contributed by atoms with Gasteiger partial charge in [0, 0.05) is 5.92 Å². The number of Topliss-reactive ketones (excluding diaryl/α,β-unsaturated/α-hetero) is 1. The second-order valence-corrected chi connectivity index (χ2v) is 8.07. The highest BCUT2D eigenvalue weighted by Crippen LogP contribution is 2.44. The highest BCUT2D eigenvalue weighted by Gasteiger charge is 2.35. The highest BCUT2D eigenvalue weighted by atomic mass is 16.5. The molecule has 0 heterocycles. The lowest BCUT2D eigenvalue weighted by molar-refractivity contribution is -0.129. The molecule has 2 aliphatic carbocycles. The third-order valence-corrected chi connectivity index (χ3v) is 6.21. The van der Waals surface area contributed by atoms with Crippen LogP contribution in [-0.2, 0) is 9.53 Å². The Kier molecular flexibility index (Phi) is 5.67. The number of carbonyl (C=O) groups is 2. The minimum atomic E-state index is -1.10. The Morgan fingerprint density at radius 1 is 1.03 bits per heavy atom. The second kappa shape index (κ2) is 8.37. The van der Waals surface area contributed by atoms with E-state index in [1.54, 1.807) is 0 Å². The van der Waals surface area contributed by atoms with E-state index in [1.807, 2.05) is 24.3 Å². The van der Waals surface area contributed by atoms with Gasteiger partial charge in [-0.3, -0.25) is 4.79 Å². The molecule has 0 aromatic heterocycles. The van der Waals surface area contributed by atoms with Crippen LogP contribution in [0.25, 0.3) is 11.1 Å². The molecule has 0 aliphatic heterocycles. The first-order valence-corrected chi connectivity index (χ1v) is 10.4. The van der Waals surface area contributed by atoms with E-state index in [-0.39, 0.29) is 24.2 Å². The number of hydrogen-bond donors (Lipinski definition) is 2. The van der Waals surface area contributed by atoms with Gasteiger partial charge in [-0.2, -0.15) is 0 Å². The van der Waals surface area contributed by atoms with Crippen LogP contribution in [0.2, 0.25) is 0 Å². The summed E-state index contributed by atoms with van der Waals surface area (Å²) in [6, 6.07) is 15.6. The maximum absolute atomic E-state index is 12.6. The fourth-order valence-corrected chi connectivity index (χ4v) is 4.74. The summed E-state index contributed by atoms with van der Waals surface area (Å²) >= 11 is 0. The lowest BCUT2D eigenvalue weighted by Gasteiger charge is -2.24. The van der Waals surface area contributed by atoms with Gasteiger partial charge in [0.15, 0.2) is 5.78 Å². The van der Waals surface area contributed by atoms with Gasteiger partial charge in [0.1, 0.15) is 12.7 Å². The first-order chi connectivity index (χ1) is 14.1. The number of benzene rings is 2. The molecule has 0 radical (unpaired) electrons. The number of alkyl carbamates (subject to hydrolysis) is 1. The Labute approximate surface area is 171 Å². The van der Waals surface area contributed by atoms with Crippen LogP contribution >= 0.6 is 0 Å². The third kappa shape index (κ3) is 3.92. The molecule has 29 heavy (non-hydrogen) atoms. The van der Waals surface area contributed by atoms with E-state index in [9.17, 15) is 14.7 Å². The number of amides is 1. The second-order valence-electron chi connectivity index (χ2n) is 8.07. The number of ketones is 1. The molecule has 2 aromatic carbocycles. The van der Waals surface area contributed by atoms with E-state index in [4.69, 9.17) is 4.74 Å². The molecular formula is C24H27NO4. The smallest absolute Gasteiger partial charge is 0.407 e. The molecule has 1 amide bonds. The summed E-state index contributed by atoms with van der Waals surface area (Å²) in [5, 5.41) is 12.5. The van der Waals surface area contributed by atoms with Crippen molar-refractivity contribution in [3.63, 3.8) is 0 Å². The number of aliphatic hydroxyl groups excluding tert-OH is 1. The fraction of sp³-hybridized carbons (Fsp3) is 0.417. The lowest BCUT2D eigenvalue weighted by Crippen LogP contribution is -2.49. The predicted octanol–water partition coefficient (Wildman–Crippen LogP) is 4.03. The van der Waals surface area contributed by atoms with Gasteiger partial charge < -0.3 is 15.2 Å². The van der Waals surface area contributed by atoms with Crippen molar-refractivity contribution in [2.45, 2.75) is 50.7 Å². The van der Waals surface area contributed by atoms with Gasteiger partial charge in [0.2, 0.25) is 0 Å². The monoisotopic (exact) mass is 393 g/mol. The number of carbonyl (C=O) groups excluding carboxylic acids is 2. The number of ether oxygens (including phenoxy) is 1. The SMILES string of the molecule is C[C@H](O)C(=O)[C@@H](NC(=O)OCC1c2ccccc2-c2ccccc21)C1CCCC1. The van der Waals surface area contributed by atoms with Gasteiger partial charge in [-0.25, -0.2) is 4.79 Å². The number of fused-ring (bicyclic) bond motifs is 3. The van der Waals surface area contributed by atoms with E-state index < -0.39 is 18.2 Å².